The molecule has 1 nitrogen and oxygen atoms in total. The lowest BCUT2D eigenvalue weighted by Crippen LogP contribution is -2.40. The van der Waals surface area contributed by atoms with Crippen LogP contribution < -0.4 is 5.32 Å². The SMILES string of the molecule is CCCC(C)NCC(CC)(CC)SC. The van der Waals surface area contributed by atoms with E-state index in [1.807, 2.05) is 11.8 Å². The molecule has 0 spiro atoms. The van der Waals surface area contributed by atoms with Crippen LogP contribution in [0.25, 0.3) is 0 Å². The van der Waals surface area contributed by atoms with Crippen molar-refractivity contribution < 1.29 is 0 Å². The summed E-state index contributed by atoms with van der Waals surface area (Å²) in [5.41, 5.74) is 0. The second-order valence-electron chi connectivity index (χ2n) is 4.16. The smallest absolute Gasteiger partial charge is 0.0276 e. The van der Waals surface area contributed by atoms with E-state index in [0.717, 1.165) is 6.54 Å². The summed E-state index contributed by atoms with van der Waals surface area (Å²) in [4.78, 5) is 0. The van der Waals surface area contributed by atoms with Gasteiger partial charge in [0, 0.05) is 17.3 Å². The van der Waals surface area contributed by atoms with E-state index in [9.17, 15) is 0 Å². The highest BCUT2D eigenvalue weighted by Gasteiger charge is 2.24. The standard InChI is InChI=1S/C12H27NS/c1-6-9-11(4)13-10-12(7-2,8-3)14-5/h11,13H,6-10H2,1-5H3. The van der Waals surface area contributed by atoms with Crippen LogP contribution in [-0.4, -0.2) is 23.6 Å². The molecule has 0 saturated carbocycles. The first-order valence-electron chi connectivity index (χ1n) is 5.92. The molecular weight excluding hydrogens is 190 g/mol. The molecule has 86 valence electrons. The van der Waals surface area contributed by atoms with Crippen molar-refractivity contribution in [2.45, 2.75) is 64.2 Å². The predicted molar refractivity (Wildman–Crippen MR) is 69.2 cm³/mol. The molecule has 1 N–H and O–H groups in total. The lowest BCUT2D eigenvalue weighted by atomic mass is 10.0. The molecule has 0 rings (SSSR count). The Bertz CT molecular complexity index is 124. The summed E-state index contributed by atoms with van der Waals surface area (Å²) in [5, 5.41) is 3.66. The molecule has 0 heterocycles. The molecule has 0 aliphatic carbocycles. The number of nitrogens with one attached hydrogen (secondary N) is 1. The molecule has 1 unspecified atom stereocenters. The molecule has 0 fully saturated rings. The van der Waals surface area contributed by atoms with Gasteiger partial charge in [0.15, 0.2) is 0 Å². The van der Waals surface area contributed by atoms with Crippen molar-refractivity contribution in [2.24, 2.45) is 0 Å². The lowest BCUT2D eigenvalue weighted by molar-refractivity contribution is 0.436. The van der Waals surface area contributed by atoms with E-state index >= 15 is 0 Å². The monoisotopic (exact) mass is 217 g/mol. The van der Waals surface area contributed by atoms with Crippen molar-refractivity contribution in [3.8, 4) is 0 Å². The van der Waals surface area contributed by atoms with E-state index in [-0.39, 0.29) is 0 Å². The van der Waals surface area contributed by atoms with Crippen molar-refractivity contribution >= 4 is 11.8 Å². The third kappa shape index (κ3) is 4.70. The lowest BCUT2D eigenvalue weighted by Gasteiger charge is -2.31. The molecule has 2 heteroatoms. The largest absolute Gasteiger partial charge is 0.313 e. The zero-order valence-corrected chi connectivity index (χ0v) is 11.3. The molecule has 0 amide bonds. The Morgan fingerprint density at radius 2 is 1.79 bits per heavy atom. The van der Waals surface area contributed by atoms with Crippen LogP contribution in [0, 0.1) is 0 Å². The van der Waals surface area contributed by atoms with E-state index in [2.05, 4.69) is 39.3 Å². The van der Waals surface area contributed by atoms with Crippen LogP contribution in [0.4, 0.5) is 0 Å². The van der Waals surface area contributed by atoms with Gasteiger partial charge in [-0.15, -0.1) is 0 Å². The van der Waals surface area contributed by atoms with E-state index in [0.29, 0.717) is 10.8 Å². The summed E-state index contributed by atoms with van der Waals surface area (Å²) >= 11 is 2.01. The highest BCUT2D eigenvalue weighted by atomic mass is 32.2. The van der Waals surface area contributed by atoms with Crippen LogP contribution in [0.5, 0.6) is 0 Å². The Labute approximate surface area is 94.4 Å². The van der Waals surface area contributed by atoms with Crippen molar-refractivity contribution in [3.63, 3.8) is 0 Å². The minimum Gasteiger partial charge on any atom is -0.313 e. The normalized spacial score (nSPS) is 14.4. The first kappa shape index (κ1) is 14.3. The second-order valence-corrected chi connectivity index (χ2v) is 5.44. The maximum absolute atomic E-state index is 3.66. The van der Waals surface area contributed by atoms with Crippen molar-refractivity contribution in [1.82, 2.24) is 5.32 Å². The third-order valence-corrected chi connectivity index (χ3v) is 4.80. The van der Waals surface area contributed by atoms with Gasteiger partial charge in [-0.1, -0.05) is 27.2 Å². The van der Waals surface area contributed by atoms with Crippen LogP contribution in [0.15, 0.2) is 0 Å². The van der Waals surface area contributed by atoms with Gasteiger partial charge in [-0.25, -0.2) is 0 Å². The summed E-state index contributed by atoms with van der Waals surface area (Å²) in [7, 11) is 0. The quantitative estimate of drug-likeness (QED) is 0.665. The van der Waals surface area contributed by atoms with Crippen LogP contribution >= 0.6 is 11.8 Å². The Balaban J connectivity index is 3.92. The molecule has 0 aliphatic rings. The first-order chi connectivity index (χ1) is 6.64. The summed E-state index contributed by atoms with van der Waals surface area (Å²) < 4.78 is 0.460. The minimum atomic E-state index is 0.460. The minimum absolute atomic E-state index is 0.460. The average molecular weight is 217 g/mol. The predicted octanol–water partition coefficient (Wildman–Crippen LogP) is 3.69. The van der Waals surface area contributed by atoms with Gasteiger partial charge in [0.2, 0.25) is 0 Å². The molecule has 0 saturated heterocycles. The molecule has 0 radical (unpaired) electrons. The highest BCUT2D eigenvalue weighted by Crippen LogP contribution is 2.29. The summed E-state index contributed by atoms with van der Waals surface area (Å²) in [6.45, 7) is 10.3. The van der Waals surface area contributed by atoms with Crippen LogP contribution in [-0.2, 0) is 0 Å². The first-order valence-corrected chi connectivity index (χ1v) is 7.15. The molecule has 14 heavy (non-hydrogen) atoms. The van der Waals surface area contributed by atoms with Crippen LogP contribution in [0.3, 0.4) is 0 Å². The molecule has 0 bridgehead atoms. The molecule has 1 atom stereocenters. The van der Waals surface area contributed by atoms with Crippen molar-refractivity contribution in [1.29, 1.82) is 0 Å². The molecule has 0 aromatic carbocycles. The fourth-order valence-corrected chi connectivity index (χ4v) is 2.56. The molecule has 0 aromatic heterocycles. The van der Waals surface area contributed by atoms with Crippen LogP contribution in [0.2, 0.25) is 0 Å². The van der Waals surface area contributed by atoms with E-state index in [1.54, 1.807) is 0 Å². The zero-order valence-electron chi connectivity index (χ0n) is 10.5. The van der Waals surface area contributed by atoms with Gasteiger partial charge in [-0.3, -0.25) is 0 Å². The fraction of sp³-hybridized carbons (Fsp3) is 1.00. The number of rotatable bonds is 8. The Morgan fingerprint density at radius 3 is 2.14 bits per heavy atom. The fourth-order valence-electron chi connectivity index (χ4n) is 1.76. The van der Waals surface area contributed by atoms with Gasteiger partial charge in [0.05, 0.1) is 0 Å². The molecule has 0 aromatic rings. The molecular formula is C12H27NS. The van der Waals surface area contributed by atoms with Gasteiger partial charge in [0.25, 0.3) is 0 Å². The van der Waals surface area contributed by atoms with Gasteiger partial charge < -0.3 is 5.32 Å². The van der Waals surface area contributed by atoms with Crippen molar-refractivity contribution in [3.05, 3.63) is 0 Å². The van der Waals surface area contributed by atoms with Gasteiger partial charge in [0.1, 0.15) is 0 Å². The maximum atomic E-state index is 3.66. The Kier molecular flexibility index (Phi) is 7.75. The van der Waals surface area contributed by atoms with E-state index < -0.39 is 0 Å². The maximum Gasteiger partial charge on any atom is 0.0276 e. The van der Waals surface area contributed by atoms with Gasteiger partial charge >= 0.3 is 0 Å². The highest BCUT2D eigenvalue weighted by molar-refractivity contribution is 8.00. The number of hydrogen-bond donors (Lipinski definition) is 1. The van der Waals surface area contributed by atoms with Gasteiger partial charge in [-0.05, 0) is 32.4 Å². The Hall–Kier alpha value is 0.310. The summed E-state index contributed by atoms with van der Waals surface area (Å²) in [5.74, 6) is 0. The summed E-state index contributed by atoms with van der Waals surface area (Å²) in [6.07, 6.45) is 7.32. The Morgan fingerprint density at radius 1 is 1.21 bits per heavy atom. The van der Waals surface area contributed by atoms with E-state index in [4.69, 9.17) is 0 Å². The zero-order chi connectivity index (χ0) is 11.0. The topological polar surface area (TPSA) is 12.0 Å². The van der Waals surface area contributed by atoms with E-state index in [1.165, 1.54) is 25.7 Å². The summed E-state index contributed by atoms with van der Waals surface area (Å²) in [6, 6.07) is 0.671. The van der Waals surface area contributed by atoms with Gasteiger partial charge in [-0.2, -0.15) is 11.8 Å². The third-order valence-electron chi connectivity index (χ3n) is 3.22. The molecule has 0 aliphatic heterocycles. The van der Waals surface area contributed by atoms with Crippen LogP contribution in [0.1, 0.15) is 53.4 Å². The average Bonchev–Trinajstić information content (AvgIpc) is 2.21. The number of thioether (sulfide) groups is 1. The second kappa shape index (κ2) is 7.58. The van der Waals surface area contributed by atoms with Crippen molar-refractivity contribution in [2.75, 3.05) is 12.8 Å². The number of hydrogen-bond acceptors (Lipinski definition) is 2.